The lowest BCUT2D eigenvalue weighted by Crippen LogP contribution is -2.24. The number of hydrogen-bond donors (Lipinski definition) is 2. The summed E-state index contributed by atoms with van der Waals surface area (Å²) in [5.41, 5.74) is 2.76. The third kappa shape index (κ3) is 3.79. The van der Waals surface area contributed by atoms with Crippen molar-refractivity contribution >= 4 is 39.2 Å². The van der Waals surface area contributed by atoms with Crippen molar-refractivity contribution in [1.82, 2.24) is 14.9 Å². The Balaban J connectivity index is 1.47. The monoisotopic (exact) mass is 408 g/mol. The second-order valence-electron chi connectivity index (χ2n) is 6.50. The van der Waals surface area contributed by atoms with Crippen LogP contribution in [0.5, 0.6) is 0 Å². The van der Waals surface area contributed by atoms with Gasteiger partial charge in [0, 0.05) is 6.54 Å². The van der Waals surface area contributed by atoms with E-state index in [4.69, 9.17) is 4.42 Å². The van der Waals surface area contributed by atoms with Crippen molar-refractivity contribution in [2.75, 3.05) is 5.32 Å². The smallest absolute Gasteiger partial charge is 0.291 e. The molecule has 0 radical (unpaired) electrons. The summed E-state index contributed by atoms with van der Waals surface area (Å²) in [6, 6.07) is 12.9. The van der Waals surface area contributed by atoms with Gasteiger partial charge in [-0.2, -0.15) is 0 Å². The molecule has 0 atom stereocenters. The molecule has 2 amide bonds. The van der Waals surface area contributed by atoms with E-state index in [-0.39, 0.29) is 17.6 Å². The standard InChI is InChI=1S/C21H20N4O3S/c1-3-25-15-8-5-4-7-14(15)23-17(25)12-22-21(27)19-13(2)11-18(29-19)24-20(26)16-9-6-10-28-16/h4-11H,3,12H2,1-2H3,(H,22,27)(H,24,26). The number of para-hydroxylation sites is 2. The van der Waals surface area contributed by atoms with Crippen LogP contribution in [-0.4, -0.2) is 21.4 Å². The Kier molecular flexibility index (Phi) is 5.18. The number of anilines is 1. The maximum Gasteiger partial charge on any atom is 0.291 e. The van der Waals surface area contributed by atoms with Crippen LogP contribution in [0.2, 0.25) is 0 Å². The summed E-state index contributed by atoms with van der Waals surface area (Å²) in [6.45, 7) is 4.99. The first-order valence-corrected chi connectivity index (χ1v) is 10.1. The van der Waals surface area contributed by atoms with Gasteiger partial charge in [0.15, 0.2) is 5.76 Å². The van der Waals surface area contributed by atoms with Crippen LogP contribution in [0.4, 0.5) is 5.00 Å². The molecule has 4 aromatic rings. The molecule has 8 heteroatoms. The number of nitrogens with one attached hydrogen (secondary N) is 2. The van der Waals surface area contributed by atoms with Gasteiger partial charge in [0.1, 0.15) is 5.82 Å². The number of rotatable bonds is 6. The predicted molar refractivity (Wildman–Crippen MR) is 112 cm³/mol. The fourth-order valence-corrected chi connectivity index (χ4v) is 4.19. The second kappa shape index (κ2) is 7.92. The van der Waals surface area contributed by atoms with Crippen molar-refractivity contribution in [1.29, 1.82) is 0 Å². The van der Waals surface area contributed by atoms with Crippen molar-refractivity contribution in [3.8, 4) is 0 Å². The first kappa shape index (κ1) is 18.9. The minimum absolute atomic E-state index is 0.194. The maximum atomic E-state index is 12.7. The number of nitrogens with zero attached hydrogens (tertiary/aromatic N) is 2. The summed E-state index contributed by atoms with van der Waals surface area (Å²) < 4.78 is 7.18. The van der Waals surface area contributed by atoms with E-state index in [0.29, 0.717) is 16.4 Å². The highest BCUT2D eigenvalue weighted by Gasteiger charge is 2.17. The molecule has 1 aromatic carbocycles. The quantitative estimate of drug-likeness (QED) is 0.500. The van der Waals surface area contributed by atoms with E-state index in [1.807, 2.05) is 31.2 Å². The molecule has 0 saturated carbocycles. The fourth-order valence-electron chi connectivity index (χ4n) is 3.20. The number of aryl methyl sites for hydroxylation is 2. The number of fused-ring (bicyclic) bond motifs is 1. The largest absolute Gasteiger partial charge is 0.459 e. The lowest BCUT2D eigenvalue weighted by atomic mass is 10.2. The normalized spacial score (nSPS) is 11.0. The number of carbonyl (C=O) groups excluding carboxylic acids is 2. The van der Waals surface area contributed by atoms with Gasteiger partial charge in [-0.05, 0) is 49.7 Å². The molecule has 0 saturated heterocycles. The van der Waals surface area contributed by atoms with E-state index in [1.54, 1.807) is 18.2 Å². The highest BCUT2D eigenvalue weighted by Crippen LogP contribution is 2.27. The van der Waals surface area contributed by atoms with E-state index >= 15 is 0 Å². The Labute approximate surface area is 171 Å². The summed E-state index contributed by atoms with van der Waals surface area (Å²) in [4.78, 5) is 30.0. The summed E-state index contributed by atoms with van der Waals surface area (Å²) >= 11 is 1.23. The van der Waals surface area contributed by atoms with Gasteiger partial charge < -0.3 is 19.6 Å². The lowest BCUT2D eigenvalue weighted by molar-refractivity contribution is 0.0951. The van der Waals surface area contributed by atoms with Gasteiger partial charge in [-0.25, -0.2) is 4.98 Å². The summed E-state index contributed by atoms with van der Waals surface area (Å²) in [5, 5.41) is 6.29. The van der Waals surface area contributed by atoms with Crippen LogP contribution in [0.1, 0.15) is 38.5 Å². The number of carbonyl (C=O) groups is 2. The zero-order valence-electron chi connectivity index (χ0n) is 16.1. The van der Waals surface area contributed by atoms with Crippen LogP contribution in [-0.2, 0) is 13.1 Å². The predicted octanol–water partition coefficient (Wildman–Crippen LogP) is 4.20. The number of amides is 2. The Bertz CT molecular complexity index is 1170. The maximum absolute atomic E-state index is 12.7. The molecule has 0 bridgehead atoms. The van der Waals surface area contributed by atoms with Gasteiger partial charge in [-0.15, -0.1) is 11.3 Å². The highest BCUT2D eigenvalue weighted by molar-refractivity contribution is 7.18. The van der Waals surface area contributed by atoms with Gasteiger partial charge in [-0.3, -0.25) is 9.59 Å². The van der Waals surface area contributed by atoms with Crippen LogP contribution in [0, 0.1) is 6.92 Å². The topological polar surface area (TPSA) is 89.2 Å². The van der Waals surface area contributed by atoms with Crippen LogP contribution in [0.15, 0.2) is 53.1 Å². The third-order valence-corrected chi connectivity index (χ3v) is 5.71. The van der Waals surface area contributed by atoms with E-state index < -0.39 is 0 Å². The first-order chi connectivity index (χ1) is 14.1. The molecule has 3 aromatic heterocycles. The SMILES string of the molecule is CCn1c(CNC(=O)c2sc(NC(=O)c3ccco3)cc2C)nc2ccccc21. The molecule has 29 heavy (non-hydrogen) atoms. The molecule has 148 valence electrons. The molecule has 0 aliphatic heterocycles. The molecule has 0 fully saturated rings. The van der Waals surface area contributed by atoms with Crippen LogP contribution < -0.4 is 10.6 Å². The molecule has 0 aliphatic rings. The number of aromatic nitrogens is 2. The Hall–Kier alpha value is -3.39. The average molecular weight is 408 g/mol. The minimum Gasteiger partial charge on any atom is -0.459 e. The molecule has 3 heterocycles. The van der Waals surface area contributed by atoms with Crippen molar-refractivity contribution < 1.29 is 14.0 Å². The lowest BCUT2D eigenvalue weighted by Gasteiger charge is -2.07. The zero-order chi connectivity index (χ0) is 20.4. The van der Waals surface area contributed by atoms with Crippen molar-refractivity contribution in [3.63, 3.8) is 0 Å². The number of furan rings is 1. The Morgan fingerprint density at radius 1 is 1.17 bits per heavy atom. The second-order valence-corrected chi connectivity index (χ2v) is 7.55. The minimum atomic E-state index is -0.347. The van der Waals surface area contributed by atoms with Gasteiger partial charge >= 0.3 is 0 Å². The Morgan fingerprint density at radius 3 is 2.76 bits per heavy atom. The van der Waals surface area contributed by atoms with Gasteiger partial charge in [0.25, 0.3) is 11.8 Å². The number of thiophene rings is 1. The average Bonchev–Trinajstić information content (AvgIpc) is 3.44. The van der Waals surface area contributed by atoms with Crippen molar-refractivity contribution in [2.24, 2.45) is 0 Å². The molecule has 2 N–H and O–H groups in total. The first-order valence-electron chi connectivity index (χ1n) is 9.24. The van der Waals surface area contributed by atoms with E-state index in [2.05, 4.69) is 27.1 Å². The highest BCUT2D eigenvalue weighted by atomic mass is 32.1. The van der Waals surface area contributed by atoms with E-state index in [9.17, 15) is 9.59 Å². The molecule has 7 nitrogen and oxygen atoms in total. The molecule has 0 unspecified atom stereocenters. The van der Waals surface area contributed by atoms with Crippen LogP contribution >= 0.6 is 11.3 Å². The van der Waals surface area contributed by atoms with Gasteiger partial charge in [-0.1, -0.05) is 12.1 Å². The third-order valence-electron chi connectivity index (χ3n) is 4.56. The summed E-state index contributed by atoms with van der Waals surface area (Å²) in [7, 11) is 0. The summed E-state index contributed by atoms with van der Waals surface area (Å²) in [6.07, 6.45) is 1.44. The Morgan fingerprint density at radius 2 is 2.00 bits per heavy atom. The molecule has 0 spiro atoms. The number of hydrogen-bond acceptors (Lipinski definition) is 5. The van der Waals surface area contributed by atoms with Crippen LogP contribution in [0.3, 0.4) is 0 Å². The number of benzene rings is 1. The summed E-state index contributed by atoms with van der Waals surface area (Å²) in [5.74, 6) is 0.490. The van der Waals surface area contributed by atoms with Crippen LogP contribution in [0.25, 0.3) is 11.0 Å². The molecular formula is C21H20N4O3S. The van der Waals surface area contributed by atoms with Gasteiger partial charge in [0.05, 0.1) is 33.7 Å². The van der Waals surface area contributed by atoms with Crippen molar-refractivity contribution in [3.05, 3.63) is 70.8 Å². The molecular weight excluding hydrogens is 388 g/mol. The molecule has 4 rings (SSSR count). The number of imidazole rings is 1. The zero-order valence-corrected chi connectivity index (χ0v) is 16.9. The van der Waals surface area contributed by atoms with Crippen molar-refractivity contribution in [2.45, 2.75) is 26.9 Å². The van der Waals surface area contributed by atoms with E-state index in [1.165, 1.54) is 17.6 Å². The fraction of sp³-hybridized carbons (Fsp3) is 0.190. The molecule has 0 aliphatic carbocycles. The van der Waals surface area contributed by atoms with E-state index in [0.717, 1.165) is 29.0 Å². The van der Waals surface area contributed by atoms with Gasteiger partial charge in [0.2, 0.25) is 0 Å².